The molecule has 0 fully saturated rings. The highest BCUT2D eigenvalue weighted by Gasteiger charge is 2.13. The number of imide groups is 2. The molecular weight excluding hydrogens is 338 g/mol. The van der Waals surface area contributed by atoms with Gasteiger partial charge in [0, 0.05) is 18.8 Å². The molecule has 0 saturated carbocycles. The minimum Gasteiger partial charge on any atom is -0.360 e. The Morgan fingerprint density at radius 1 is 1.17 bits per heavy atom. The number of primary sulfonamides is 1. The summed E-state index contributed by atoms with van der Waals surface area (Å²) in [5, 5.41) is 20.1. The topological polar surface area (TPSA) is 171 Å². The summed E-state index contributed by atoms with van der Waals surface area (Å²) in [6.07, 6.45) is 1.02. The number of benzene rings is 1. The number of amides is 4. The molecule has 1 aromatic rings. The Labute approximate surface area is 137 Å². The first-order valence-corrected chi connectivity index (χ1v) is 7.80. The average Bonchev–Trinajstić information content (AvgIpc) is 2.46. The van der Waals surface area contributed by atoms with Crippen molar-refractivity contribution in [2.75, 3.05) is 5.32 Å². The van der Waals surface area contributed by atoms with Crippen molar-refractivity contribution in [3.05, 3.63) is 36.0 Å². The molecule has 0 spiro atoms. The second kappa shape index (κ2) is 7.86. The minimum atomic E-state index is -3.82. The Hall–Kier alpha value is -3.23. The molecule has 11 heteroatoms. The van der Waals surface area contributed by atoms with Crippen molar-refractivity contribution < 1.29 is 22.8 Å². The maximum atomic E-state index is 11.7. The number of sulfonamides is 1. The van der Waals surface area contributed by atoms with Crippen molar-refractivity contribution in [3.63, 3.8) is 0 Å². The SMILES string of the molecule is CC(=O)NC(=O)NC(=O)/C(C#N)=C\Nc1ccc(S(N)(=O)=O)cc1. The lowest BCUT2D eigenvalue weighted by Gasteiger charge is -2.05. The maximum absolute atomic E-state index is 11.7. The number of urea groups is 1. The van der Waals surface area contributed by atoms with Crippen molar-refractivity contribution >= 4 is 33.6 Å². The lowest BCUT2D eigenvalue weighted by atomic mass is 10.3. The maximum Gasteiger partial charge on any atom is 0.328 e. The highest BCUT2D eigenvalue weighted by atomic mass is 32.2. The first-order valence-electron chi connectivity index (χ1n) is 6.26. The number of carbonyl (C=O) groups excluding carboxylic acids is 3. The van der Waals surface area contributed by atoms with E-state index < -0.39 is 33.4 Å². The van der Waals surface area contributed by atoms with E-state index in [0.717, 1.165) is 13.1 Å². The van der Waals surface area contributed by atoms with E-state index >= 15 is 0 Å². The third kappa shape index (κ3) is 5.87. The standard InChI is InChI=1S/C13H13N5O5S/c1-8(19)17-13(21)18-12(20)9(6-14)7-16-10-2-4-11(5-3-10)24(15,22)23/h2-5,7,16H,1H3,(H2,15,22,23)(H2,17,18,19,20,21)/b9-7-. The van der Waals surface area contributed by atoms with Gasteiger partial charge in [-0.3, -0.25) is 20.2 Å². The number of hydrogen-bond donors (Lipinski definition) is 4. The molecule has 24 heavy (non-hydrogen) atoms. The van der Waals surface area contributed by atoms with Crippen LogP contribution in [0.4, 0.5) is 10.5 Å². The Morgan fingerprint density at radius 3 is 2.21 bits per heavy atom. The number of nitrogens with one attached hydrogen (secondary N) is 3. The van der Waals surface area contributed by atoms with Crippen LogP contribution in [0.25, 0.3) is 0 Å². The molecule has 0 saturated heterocycles. The van der Waals surface area contributed by atoms with Crippen LogP contribution in [0.1, 0.15) is 6.92 Å². The molecular formula is C13H13N5O5S. The Kier molecular flexibility index (Phi) is 6.16. The Balaban J connectivity index is 2.79. The van der Waals surface area contributed by atoms with Crippen LogP contribution in [-0.2, 0) is 19.6 Å². The fraction of sp³-hybridized carbons (Fsp3) is 0.0769. The number of nitriles is 1. The van der Waals surface area contributed by atoms with Crippen molar-refractivity contribution in [3.8, 4) is 6.07 Å². The summed E-state index contributed by atoms with van der Waals surface area (Å²) < 4.78 is 22.2. The summed E-state index contributed by atoms with van der Waals surface area (Å²) in [6, 6.07) is 5.71. The zero-order valence-electron chi connectivity index (χ0n) is 12.4. The lowest BCUT2D eigenvalue weighted by molar-refractivity contribution is -0.118. The van der Waals surface area contributed by atoms with Gasteiger partial charge in [-0.15, -0.1) is 0 Å². The van der Waals surface area contributed by atoms with Crippen LogP contribution in [0.5, 0.6) is 0 Å². The second-order valence-corrected chi connectivity index (χ2v) is 5.91. The van der Waals surface area contributed by atoms with Crippen LogP contribution in [0.15, 0.2) is 40.9 Å². The van der Waals surface area contributed by atoms with Gasteiger partial charge in [0.15, 0.2) is 0 Å². The zero-order valence-corrected chi connectivity index (χ0v) is 13.2. The molecule has 1 aromatic carbocycles. The van der Waals surface area contributed by atoms with Gasteiger partial charge in [0.25, 0.3) is 5.91 Å². The second-order valence-electron chi connectivity index (χ2n) is 4.35. The third-order valence-electron chi connectivity index (χ3n) is 2.45. The average molecular weight is 351 g/mol. The van der Waals surface area contributed by atoms with Crippen LogP contribution >= 0.6 is 0 Å². The smallest absolute Gasteiger partial charge is 0.328 e. The molecule has 0 aliphatic carbocycles. The quantitative estimate of drug-likeness (QED) is 0.419. The summed E-state index contributed by atoms with van der Waals surface area (Å²) >= 11 is 0. The van der Waals surface area contributed by atoms with Gasteiger partial charge in [0.2, 0.25) is 15.9 Å². The van der Waals surface area contributed by atoms with Gasteiger partial charge in [0.1, 0.15) is 11.6 Å². The van der Waals surface area contributed by atoms with Crippen molar-refractivity contribution in [2.45, 2.75) is 11.8 Å². The Morgan fingerprint density at radius 2 is 1.75 bits per heavy atom. The number of hydrogen-bond acceptors (Lipinski definition) is 7. The van der Waals surface area contributed by atoms with Gasteiger partial charge in [-0.05, 0) is 24.3 Å². The molecule has 0 aliphatic rings. The predicted octanol–water partition coefficient (Wildman–Crippen LogP) is -0.474. The molecule has 4 amide bonds. The summed E-state index contributed by atoms with van der Waals surface area (Å²) in [4.78, 5) is 33.4. The molecule has 1 rings (SSSR count). The van der Waals surface area contributed by atoms with Gasteiger partial charge in [-0.1, -0.05) is 0 Å². The molecule has 0 unspecified atom stereocenters. The van der Waals surface area contributed by atoms with E-state index in [1.54, 1.807) is 11.4 Å². The molecule has 0 heterocycles. The summed E-state index contributed by atoms with van der Waals surface area (Å²) in [6.45, 7) is 1.08. The van der Waals surface area contributed by atoms with E-state index in [0.29, 0.717) is 5.69 Å². The molecule has 0 aromatic heterocycles. The lowest BCUT2D eigenvalue weighted by Crippen LogP contribution is -2.42. The van der Waals surface area contributed by atoms with Crippen molar-refractivity contribution in [1.82, 2.24) is 10.6 Å². The predicted molar refractivity (Wildman–Crippen MR) is 82.5 cm³/mol. The minimum absolute atomic E-state index is 0.101. The van der Waals surface area contributed by atoms with Crippen LogP contribution in [0.2, 0.25) is 0 Å². The highest BCUT2D eigenvalue weighted by molar-refractivity contribution is 7.89. The normalized spacial score (nSPS) is 11.1. The van der Waals surface area contributed by atoms with Gasteiger partial charge < -0.3 is 5.32 Å². The van der Waals surface area contributed by atoms with Crippen molar-refractivity contribution in [1.29, 1.82) is 5.26 Å². The molecule has 0 atom stereocenters. The fourth-order valence-corrected chi connectivity index (χ4v) is 1.92. The third-order valence-corrected chi connectivity index (χ3v) is 3.38. The van der Waals surface area contributed by atoms with E-state index in [1.807, 2.05) is 5.32 Å². The first kappa shape index (κ1) is 18.8. The van der Waals surface area contributed by atoms with Crippen LogP contribution in [-0.4, -0.2) is 26.3 Å². The number of nitrogens with zero attached hydrogens (tertiary/aromatic N) is 1. The van der Waals surface area contributed by atoms with Gasteiger partial charge in [0.05, 0.1) is 4.90 Å². The largest absolute Gasteiger partial charge is 0.360 e. The molecule has 0 aliphatic heterocycles. The Bertz CT molecular complexity index is 836. The van der Waals surface area contributed by atoms with Crippen LogP contribution < -0.4 is 21.1 Å². The molecule has 10 nitrogen and oxygen atoms in total. The highest BCUT2D eigenvalue weighted by Crippen LogP contribution is 2.13. The van der Waals surface area contributed by atoms with Gasteiger partial charge in [-0.2, -0.15) is 5.26 Å². The van der Waals surface area contributed by atoms with Crippen molar-refractivity contribution in [2.24, 2.45) is 5.14 Å². The van der Waals surface area contributed by atoms with Crippen LogP contribution in [0, 0.1) is 11.3 Å². The molecule has 0 bridgehead atoms. The molecule has 0 radical (unpaired) electrons. The summed E-state index contributed by atoms with van der Waals surface area (Å²) in [5.74, 6) is -1.69. The zero-order chi connectivity index (χ0) is 18.3. The van der Waals surface area contributed by atoms with E-state index in [4.69, 9.17) is 10.4 Å². The first-order chi connectivity index (χ1) is 11.1. The van der Waals surface area contributed by atoms with E-state index in [9.17, 15) is 22.8 Å². The fourth-order valence-electron chi connectivity index (χ4n) is 1.41. The van der Waals surface area contributed by atoms with Gasteiger partial charge in [-0.25, -0.2) is 18.4 Å². The summed E-state index contributed by atoms with van der Waals surface area (Å²) in [7, 11) is -3.82. The van der Waals surface area contributed by atoms with Crippen LogP contribution in [0.3, 0.4) is 0 Å². The number of nitrogens with two attached hydrogens (primary N) is 1. The number of anilines is 1. The summed E-state index contributed by atoms with van der Waals surface area (Å²) in [5.41, 5.74) is -0.0691. The van der Waals surface area contributed by atoms with E-state index in [-0.39, 0.29) is 4.90 Å². The van der Waals surface area contributed by atoms with E-state index in [2.05, 4.69) is 5.32 Å². The van der Waals surface area contributed by atoms with E-state index in [1.165, 1.54) is 24.3 Å². The van der Waals surface area contributed by atoms with Gasteiger partial charge >= 0.3 is 6.03 Å². The monoisotopic (exact) mass is 351 g/mol. The number of rotatable bonds is 4. The molecule has 126 valence electrons. The number of carbonyl (C=O) groups is 3. The molecule has 5 N–H and O–H groups in total.